The largest absolute Gasteiger partial charge is 0.414 e. The Bertz CT molecular complexity index is 1370. The van der Waals surface area contributed by atoms with E-state index in [1.165, 1.54) is 6.33 Å². The monoisotopic (exact) mass is 580 g/mol. The molecule has 0 saturated carbocycles. The Balaban J connectivity index is 1.60. The molecule has 0 spiro atoms. The Kier molecular flexibility index (Phi) is 8.33. The molecular formula is C29H44N6O3Si2. The van der Waals surface area contributed by atoms with Gasteiger partial charge in [-0.15, -0.1) is 0 Å². The van der Waals surface area contributed by atoms with Crippen LogP contribution in [-0.2, 0) is 13.6 Å². The average molecular weight is 581 g/mol. The van der Waals surface area contributed by atoms with Crippen molar-refractivity contribution in [1.82, 2.24) is 19.5 Å². The van der Waals surface area contributed by atoms with E-state index < -0.39 is 16.6 Å². The molecule has 1 N–H and O–H groups in total. The molecule has 3 atom stereocenters. The molecule has 1 saturated heterocycles. The fourth-order valence-electron chi connectivity index (χ4n) is 4.13. The number of nitriles is 1. The molecule has 0 radical (unpaired) electrons. The summed E-state index contributed by atoms with van der Waals surface area (Å²) in [7, 11) is -4.03. The van der Waals surface area contributed by atoms with Crippen LogP contribution in [0.3, 0.4) is 0 Å². The van der Waals surface area contributed by atoms with Crippen LogP contribution in [-0.4, -0.2) is 55.0 Å². The lowest BCUT2D eigenvalue weighted by atomic mass is 10.2. The van der Waals surface area contributed by atoms with Crippen LogP contribution in [0.25, 0.3) is 11.2 Å². The summed E-state index contributed by atoms with van der Waals surface area (Å²) in [6, 6.07) is 9.36. The van der Waals surface area contributed by atoms with Gasteiger partial charge in [0.05, 0.1) is 30.7 Å². The van der Waals surface area contributed by atoms with Crippen LogP contribution in [0, 0.1) is 11.3 Å². The molecule has 216 valence electrons. The molecule has 1 aliphatic heterocycles. The maximum atomic E-state index is 9.09. The number of rotatable bonds is 8. The number of ether oxygens (including phenoxy) is 1. The zero-order valence-corrected chi connectivity index (χ0v) is 27.6. The van der Waals surface area contributed by atoms with Crippen molar-refractivity contribution in [3.8, 4) is 6.07 Å². The highest BCUT2D eigenvalue weighted by molar-refractivity contribution is 6.74. The molecule has 3 unspecified atom stereocenters. The summed E-state index contributed by atoms with van der Waals surface area (Å²) < 4.78 is 22.2. The molecule has 0 aliphatic carbocycles. The van der Waals surface area contributed by atoms with Gasteiger partial charge in [0, 0.05) is 12.1 Å². The van der Waals surface area contributed by atoms with Crippen molar-refractivity contribution in [3.63, 3.8) is 0 Å². The van der Waals surface area contributed by atoms with Gasteiger partial charge in [-0.25, -0.2) is 15.0 Å². The summed E-state index contributed by atoms with van der Waals surface area (Å²) >= 11 is 0. The topological polar surface area (TPSA) is 107 Å². The van der Waals surface area contributed by atoms with Crippen LogP contribution >= 0.6 is 0 Å². The van der Waals surface area contributed by atoms with Crippen molar-refractivity contribution in [2.75, 3.05) is 11.9 Å². The van der Waals surface area contributed by atoms with Gasteiger partial charge < -0.3 is 18.9 Å². The summed E-state index contributed by atoms with van der Waals surface area (Å²) in [5, 5.41) is 12.6. The number of anilines is 2. The van der Waals surface area contributed by atoms with E-state index in [1.54, 1.807) is 18.5 Å². The van der Waals surface area contributed by atoms with Crippen LogP contribution < -0.4 is 5.32 Å². The standard InChI is InChI=1S/C29H44N6O3Si2/c1-28(2,3)39(7,8)36-17-23-22(38-40(9,10)29(4,5)6)15-24(37-23)35-19-33-25-26(31-18-32-27(25)35)34-21-13-11-20(16-30)12-14-21/h11-14,18-19,22-24H,15,17H2,1-10H3,(H,31,32,34). The minimum Gasteiger partial charge on any atom is -0.414 e. The number of aromatic nitrogens is 4. The SMILES string of the molecule is CC(C)(C)[Si](C)(C)OCC1OC(n2cnc3c(Nc4ccc(C#N)cc4)ncnc32)CC1O[Si](C)(C)C(C)(C)C. The fourth-order valence-corrected chi connectivity index (χ4v) is 6.50. The molecule has 4 rings (SSSR count). The summed E-state index contributed by atoms with van der Waals surface area (Å²) in [5.41, 5.74) is 2.76. The lowest BCUT2D eigenvalue weighted by molar-refractivity contribution is -0.0383. The summed E-state index contributed by atoms with van der Waals surface area (Å²) in [4.78, 5) is 13.7. The van der Waals surface area contributed by atoms with Gasteiger partial charge in [0.2, 0.25) is 0 Å². The highest BCUT2D eigenvalue weighted by Crippen LogP contribution is 2.43. The smallest absolute Gasteiger partial charge is 0.192 e. The lowest BCUT2D eigenvalue weighted by Crippen LogP contribution is -2.48. The van der Waals surface area contributed by atoms with Crippen LogP contribution in [0.1, 0.15) is 59.8 Å². The third-order valence-corrected chi connectivity index (χ3v) is 17.8. The first-order valence-electron chi connectivity index (χ1n) is 13.9. The molecule has 1 aliphatic rings. The van der Waals surface area contributed by atoms with E-state index in [0.29, 0.717) is 35.6 Å². The lowest BCUT2D eigenvalue weighted by Gasteiger charge is -2.40. The van der Waals surface area contributed by atoms with Crippen LogP contribution in [0.15, 0.2) is 36.9 Å². The molecule has 11 heteroatoms. The first-order valence-corrected chi connectivity index (χ1v) is 19.8. The quantitative estimate of drug-likeness (QED) is 0.280. The van der Waals surface area contributed by atoms with Crippen molar-refractivity contribution >= 4 is 39.3 Å². The van der Waals surface area contributed by atoms with E-state index in [9.17, 15) is 0 Å². The number of nitrogens with zero attached hydrogens (tertiary/aromatic N) is 5. The number of hydrogen-bond acceptors (Lipinski definition) is 8. The molecule has 0 bridgehead atoms. The third-order valence-electron chi connectivity index (χ3n) is 8.79. The molecular weight excluding hydrogens is 537 g/mol. The van der Waals surface area contributed by atoms with Gasteiger partial charge in [-0.05, 0) is 60.5 Å². The highest BCUT2D eigenvalue weighted by atomic mass is 28.4. The van der Waals surface area contributed by atoms with Gasteiger partial charge in [-0.3, -0.25) is 4.57 Å². The number of fused-ring (bicyclic) bond motifs is 1. The Morgan fingerprint density at radius 2 is 1.65 bits per heavy atom. The van der Waals surface area contributed by atoms with Crippen molar-refractivity contribution in [1.29, 1.82) is 5.26 Å². The van der Waals surface area contributed by atoms with Gasteiger partial charge in [0.15, 0.2) is 33.6 Å². The van der Waals surface area contributed by atoms with Crippen LogP contribution in [0.2, 0.25) is 36.3 Å². The van der Waals surface area contributed by atoms with E-state index in [4.69, 9.17) is 18.9 Å². The summed E-state index contributed by atoms with van der Waals surface area (Å²) in [5.74, 6) is 0.596. The van der Waals surface area contributed by atoms with Crippen molar-refractivity contribution in [2.45, 2.75) is 103 Å². The van der Waals surface area contributed by atoms with Crippen LogP contribution in [0.4, 0.5) is 11.5 Å². The minimum absolute atomic E-state index is 0.0802. The van der Waals surface area contributed by atoms with Crippen molar-refractivity contribution in [2.24, 2.45) is 0 Å². The van der Waals surface area contributed by atoms with E-state index in [0.717, 1.165) is 5.69 Å². The van der Waals surface area contributed by atoms with E-state index in [-0.39, 0.29) is 28.5 Å². The molecule has 9 nitrogen and oxygen atoms in total. The number of benzene rings is 1. The third kappa shape index (κ3) is 6.31. The molecule has 3 aromatic rings. The average Bonchev–Trinajstić information content (AvgIpc) is 3.46. The van der Waals surface area contributed by atoms with Gasteiger partial charge in [-0.1, -0.05) is 41.5 Å². The zero-order chi connectivity index (χ0) is 29.5. The first-order chi connectivity index (χ1) is 18.5. The molecule has 1 fully saturated rings. The normalized spacial score (nSPS) is 20.6. The highest BCUT2D eigenvalue weighted by Gasteiger charge is 2.46. The first kappa shape index (κ1) is 30.3. The Morgan fingerprint density at radius 3 is 2.25 bits per heavy atom. The van der Waals surface area contributed by atoms with Gasteiger partial charge >= 0.3 is 0 Å². The second-order valence-corrected chi connectivity index (χ2v) is 23.3. The second kappa shape index (κ2) is 11.0. The Labute approximate surface area is 240 Å². The zero-order valence-electron chi connectivity index (χ0n) is 25.6. The van der Waals surface area contributed by atoms with Crippen molar-refractivity contribution in [3.05, 3.63) is 42.5 Å². The number of imidazole rings is 1. The van der Waals surface area contributed by atoms with E-state index >= 15 is 0 Å². The van der Waals surface area contributed by atoms with Gasteiger partial charge in [0.25, 0.3) is 0 Å². The Morgan fingerprint density at radius 1 is 1.00 bits per heavy atom. The summed E-state index contributed by atoms with van der Waals surface area (Å²) in [6.45, 7) is 23.1. The maximum Gasteiger partial charge on any atom is 0.192 e. The number of hydrogen-bond donors (Lipinski definition) is 1. The fraction of sp³-hybridized carbons (Fsp3) is 0.586. The molecule has 2 aromatic heterocycles. The van der Waals surface area contributed by atoms with E-state index in [2.05, 4.69) is 94.1 Å². The van der Waals surface area contributed by atoms with Crippen LogP contribution in [0.5, 0.6) is 0 Å². The van der Waals surface area contributed by atoms with E-state index in [1.807, 2.05) is 16.7 Å². The minimum atomic E-state index is -2.06. The molecule has 1 aromatic carbocycles. The predicted octanol–water partition coefficient (Wildman–Crippen LogP) is 7.14. The number of nitrogens with one attached hydrogen (secondary N) is 1. The molecule has 0 amide bonds. The van der Waals surface area contributed by atoms with Crippen molar-refractivity contribution < 1.29 is 13.6 Å². The molecule has 40 heavy (non-hydrogen) atoms. The van der Waals surface area contributed by atoms with Gasteiger partial charge in [0.1, 0.15) is 18.7 Å². The Hall–Kier alpha value is -2.63. The molecule has 3 heterocycles. The predicted molar refractivity (Wildman–Crippen MR) is 164 cm³/mol. The van der Waals surface area contributed by atoms with Gasteiger partial charge in [-0.2, -0.15) is 5.26 Å². The second-order valence-electron chi connectivity index (χ2n) is 13.7. The maximum absolute atomic E-state index is 9.09. The summed E-state index contributed by atoms with van der Waals surface area (Å²) in [6.07, 6.45) is 3.42.